The summed E-state index contributed by atoms with van der Waals surface area (Å²) >= 11 is 0. The Morgan fingerprint density at radius 1 is 1.40 bits per heavy atom. The van der Waals surface area contributed by atoms with Gasteiger partial charge in [-0.3, -0.25) is 4.79 Å². The molecule has 0 radical (unpaired) electrons. The van der Waals surface area contributed by atoms with Crippen molar-refractivity contribution in [1.29, 1.82) is 0 Å². The predicted octanol–water partition coefficient (Wildman–Crippen LogP) is 1.70. The number of carboxylic acid groups (broad SMARTS) is 1. The Bertz CT molecular complexity index is 138. The second-order valence-electron chi connectivity index (χ2n) is 2.00. The molecular formula is C7H12O3. The molecule has 2 N–H and O–H groups in total. The number of allylic oxidation sites excluding steroid dienone is 2. The molecule has 0 bridgehead atoms. The van der Waals surface area contributed by atoms with Gasteiger partial charge in [-0.15, -0.1) is 0 Å². The minimum absolute atomic E-state index is 0.00231. The molecule has 0 aromatic rings. The third-order valence-electron chi connectivity index (χ3n) is 1.03. The van der Waals surface area contributed by atoms with Gasteiger partial charge in [-0.1, -0.05) is 6.92 Å². The molecule has 0 rings (SSSR count). The third kappa shape index (κ3) is 5.15. The molecule has 0 aliphatic carbocycles. The van der Waals surface area contributed by atoms with Crippen molar-refractivity contribution < 1.29 is 15.0 Å². The number of carbonyl (C=O) groups is 1. The molecule has 0 saturated carbocycles. The van der Waals surface area contributed by atoms with Gasteiger partial charge in [-0.05, 0) is 12.5 Å². The Hall–Kier alpha value is -0.990. The molecule has 3 nitrogen and oxygen atoms in total. The van der Waals surface area contributed by atoms with E-state index in [9.17, 15) is 4.79 Å². The number of hydrogen-bond acceptors (Lipinski definition) is 2. The van der Waals surface area contributed by atoms with E-state index in [4.69, 9.17) is 10.2 Å². The van der Waals surface area contributed by atoms with Crippen LogP contribution >= 0.6 is 0 Å². The SMILES string of the molecule is CC/C=C(\O)CCC(=O)O. The summed E-state index contributed by atoms with van der Waals surface area (Å²) in [6.45, 7) is 1.89. The maximum absolute atomic E-state index is 9.97. The number of aliphatic hydroxyl groups is 1. The van der Waals surface area contributed by atoms with E-state index < -0.39 is 5.97 Å². The fourth-order valence-electron chi connectivity index (χ4n) is 0.573. The summed E-state index contributed by atoms with van der Waals surface area (Å²) in [4.78, 5) is 9.97. The van der Waals surface area contributed by atoms with E-state index in [0.29, 0.717) is 0 Å². The number of aliphatic carboxylic acids is 1. The molecule has 0 aliphatic rings. The van der Waals surface area contributed by atoms with Crippen LogP contribution in [0.25, 0.3) is 0 Å². The van der Waals surface area contributed by atoms with Crippen LogP contribution in [0.4, 0.5) is 0 Å². The van der Waals surface area contributed by atoms with Gasteiger partial charge in [-0.2, -0.15) is 0 Å². The van der Waals surface area contributed by atoms with Crippen molar-refractivity contribution >= 4 is 5.97 Å². The highest BCUT2D eigenvalue weighted by molar-refractivity contribution is 5.66. The van der Waals surface area contributed by atoms with Crippen LogP contribution in [-0.2, 0) is 4.79 Å². The first-order valence-electron chi connectivity index (χ1n) is 3.26. The normalized spacial score (nSPS) is 11.5. The maximum Gasteiger partial charge on any atom is 0.303 e. The highest BCUT2D eigenvalue weighted by Crippen LogP contribution is 2.01. The van der Waals surface area contributed by atoms with Gasteiger partial charge >= 0.3 is 5.97 Å². The molecule has 0 aromatic heterocycles. The average molecular weight is 144 g/mol. The fraction of sp³-hybridized carbons (Fsp3) is 0.571. The van der Waals surface area contributed by atoms with Crippen LogP contribution in [0.1, 0.15) is 26.2 Å². The second-order valence-corrected chi connectivity index (χ2v) is 2.00. The second kappa shape index (κ2) is 4.85. The first-order valence-corrected chi connectivity index (χ1v) is 3.26. The summed E-state index contributed by atoms with van der Waals surface area (Å²) < 4.78 is 0. The lowest BCUT2D eigenvalue weighted by Gasteiger charge is -1.94. The van der Waals surface area contributed by atoms with Gasteiger partial charge in [0.05, 0.1) is 12.2 Å². The molecule has 0 atom stereocenters. The van der Waals surface area contributed by atoms with Crippen LogP contribution < -0.4 is 0 Å². The first kappa shape index (κ1) is 9.01. The number of aliphatic hydroxyl groups excluding tert-OH is 1. The largest absolute Gasteiger partial charge is 0.513 e. The minimum Gasteiger partial charge on any atom is -0.513 e. The van der Waals surface area contributed by atoms with Gasteiger partial charge in [0, 0.05) is 6.42 Å². The van der Waals surface area contributed by atoms with Crippen molar-refractivity contribution in [2.75, 3.05) is 0 Å². The van der Waals surface area contributed by atoms with E-state index in [0.717, 1.165) is 6.42 Å². The van der Waals surface area contributed by atoms with Crippen molar-refractivity contribution in [3.63, 3.8) is 0 Å². The average Bonchev–Trinajstić information content (AvgIpc) is 1.85. The summed E-state index contributed by atoms with van der Waals surface area (Å²) in [7, 11) is 0. The molecule has 0 unspecified atom stereocenters. The molecular weight excluding hydrogens is 132 g/mol. The van der Waals surface area contributed by atoms with Gasteiger partial charge < -0.3 is 10.2 Å². The standard InChI is InChI=1S/C7H12O3/c1-2-3-6(8)4-5-7(9)10/h3,8H,2,4-5H2,1H3,(H,9,10)/b6-3-. The molecule has 0 amide bonds. The summed E-state index contributed by atoms with van der Waals surface area (Å²) in [6, 6.07) is 0. The van der Waals surface area contributed by atoms with E-state index >= 15 is 0 Å². The zero-order valence-electron chi connectivity index (χ0n) is 6.00. The topological polar surface area (TPSA) is 57.5 Å². The third-order valence-corrected chi connectivity index (χ3v) is 1.03. The molecule has 10 heavy (non-hydrogen) atoms. The van der Waals surface area contributed by atoms with Crippen molar-refractivity contribution in [3.8, 4) is 0 Å². The first-order chi connectivity index (χ1) is 4.66. The zero-order valence-corrected chi connectivity index (χ0v) is 6.00. The lowest BCUT2D eigenvalue weighted by atomic mass is 10.2. The summed E-state index contributed by atoms with van der Waals surface area (Å²) in [5, 5.41) is 17.1. The van der Waals surface area contributed by atoms with Crippen LogP contribution in [0, 0.1) is 0 Å². The van der Waals surface area contributed by atoms with E-state index in [-0.39, 0.29) is 18.6 Å². The fourth-order valence-corrected chi connectivity index (χ4v) is 0.573. The Labute approximate surface area is 60.0 Å². The summed E-state index contributed by atoms with van der Waals surface area (Å²) in [6.07, 6.45) is 2.60. The molecule has 0 aliphatic heterocycles. The van der Waals surface area contributed by atoms with Crippen molar-refractivity contribution in [2.45, 2.75) is 26.2 Å². The minimum atomic E-state index is -0.879. The van der Waals surface area contributed by atoms with Gasteiger partial charge in [-0.25, -0.2) is 0 Å². The molecule has 3 heteroatoms. The van der Waals surface area contributed by atoms with E-state index in [1.54, 1.807) is 6.08 Å². The predicted molar refractivity (Wildman–Crippen MR) is 37.9 cm³/mol. The van der Waals surface area contributed by atoms with Crippen LogP contribution in [0.2, 0.25) is 0 Å². The van der Waals surface area contributed by atoms with E-state index in [2.05, 4.69) is 0 Å². The number of hydrogen-bond donors (Lipinski definition) is 2. The summed E-state index contributed by atoms with van der Waals surface area (Å²) in [5.41, 5.74) is 0. The molecule has 0 fully saturated rings. The van der Waals surface area contributed by atoms with Gasteiger partial charge in [0.2, 0.25) is 0 Å². The maximum atomic E-state index is 9.97. The van der Waals surface area contributed by atoms with Crippen molar-refractivity contribution in [1.82, 2.24) is 0 Å². The molecule has 58 valence electrons. The Morgan fingerprint density at radius 3 is 2.40 bits per heavy atom. The van der Waals surface area contributed by atoms with Crippen LogP contribution in [0.5, 0.6) is 0 Å². The number of rotatable bonds is 4. The molecule has 0 saturated heterocycles. The Balaban J connectivity index is 3.48. The van der Waals surface area contributed by atoms with Crippen LogP contribution in [-0.4, -0.2) is 16.2 Å². The lowest BCUT2D eigenvalue weighted by Crippen LogP contribution is -1.94. The summed E-state index contributed by atoms with van der Waals surface area (Å²) in [5.74, 6) is -0.707. The monoisotopic (exact) mass is 144 g/mol. The zero-order chi connectivity index (χ0) is 7.98. The van der Waals surface area contributed by atoms with Crippen LogP contribution in [0.15, 0.2) is 11.8 Å². The smallest absolute Gasteiger partial charge is 0.303 e. The van der Waals surface area contributed by atoms with E-state index in [1.807, 2.05) is 6.92 Å². The van der Waals surface area contributed by atoms with Gasteiger partial charge in [0.15, 0.2) is 0 Å². The lowest BCUT2D eigenvalue weighted by molar-refractivity contribution is -0.137. The Kier molecular flexibility index (Phi) is 4.37. The van der Waals surface area contributed by atoms with Crippen molar-refractivity contribution in [3.05, 3.63) is 11.8 Å². The highest BCUT2D eigenvalue weighted by atomic mass is 16.4. The molecule has 0 spiro atoms. The number of carboxylic acids is 1. The van der Waals surface area contributed by atoms with Crippen LogP contribution in [0.3, 0.4) is 0 Å². The van der Waals surface area contributed by atoms with Gasteiger partial charge in [0.25, 0.3) is 0 Å². The highest BCUT2D eigenvalue weighted by Gasteiger charge is 1.97. The molecule has 0 aromatic carbocycles. The Morgan fingerprint density at radius 2 is 2.00 bits per heavy atom. The van der Waals surface area contributed by atoms with Crippen molar-refractivity contribution in [2.24, 2.45) is 0 Å². The van der Waals surface area contributed by atoms with E-state index in [1.165, 1.54) is 0 Å². The molecule has 0 heterocycles. The quantitative estimate of drug-likeness (QED) is 0.590. The van der Waals surface area contributed by atoms with Gasteiger partial charge in [0.1, 0.15) is 0 Å².